The lowest BCUT2D eigenvalue weighted by atomic mass is 10.0. The number of rotatable bonds is 4. The van der Waals surface area contributed by atoms with Gasteiger partial charge in [-0.3, -0.25) is 4.79 Å². The number of carboxylic acids is 1. The third kappa shape index (κ3) is 3.31. The molecule has 0 aliphatic heterocycles. The van der Waals surface area contributed by atoms with E-state index >= 15 is 0 Å². The van der Waals surface area contributed by atoms with Crippen LogP contribution in [0, 0.1) is 0 Å². The van der Waals surface area contributed by atoms with Gasteiger partial charge in [0.15, 0.2) is 0 Å². The lowest BCUT2D eigenvalue weighted by Crippen LogP contribution is -2.07. The van der Waals surface area contributed by atoms with Gasteiger partial charge in [0.25, 0.3) is 0 Å². The highest BCUT2D eigenvalue weighted by atomic mass is 16.4. The molecule has 0 saturated carbocycles. The number of hydrogen-bond donors (Lipinski definition) is 1. The van der Waals surface area contributed by atoms with Gasteiger partial charge in [0.1, 0.15) is 5.82 Å². The first-order valence-electron chi connectivity index (χ1n) is 5.05. The molecule has 1 N–H and O–H groups in total. The highest BCUT2D eigenvalue weighted by Gasteiger charge is 2.13. The van der Waals surface area contributed by atoms with Crippen LogP contribution in [-0.2, 0) is 4.79 Å². The van der Waals surface area contributed by atoms with Crippen LogP contribution in [-0.4, -0.2) is 21.0 Å². The molecule has 0 saturated heterocycles. The molecule has 1 heterocycles. The number of aliphatic carboxylic acids is 1. The summed E-state index contributed by atoms with van der Waals surface area (Å²) in [6.45, 7) is 5.89. The second-order valence-corrected chi connectivity index (χ2v) is 3.99. The summed E-state index contributed by atoms with van der Waals surface area (Å²) in [6.07, 6.45) is 1.80. The van der Waals surface area contributed by atoms with Crippen LogP contribution in [0.3, 0.4) is 0 Å². The van der Waals surface area contributed by atoms with Crippen LogP contribution in [0.5, 0.6) is 0 Å². The van der Waals surface area contributed by atoms with Crippen molar-refractivity contribution in [3.63, 3.8) is 0 Å². The van der Waals surface area contributed by atoms with Crippen molar-refractivity contribution < 1.29 is 9.90 Å². The van der Waals surface area contributed by atoms with E-state index in [4.69, 9.17) is 5.11 Å². The Labute approximate surface area is 89.4 Å². The Morgan fingerprint density at radius 1 is 1.47 bits per heavy atom. The lowest BCUT2D eigenvalue weighted by molar-refractivity contribution is -0.137. The summed E-state index contributed by atoms with van der Waals surface area (Å²) in [6, 6.07) is 1.78. The quantitative estimate of drug-likeness (QED) is 0.823. The summed E-state index contributed by atoms with van der Waals surface area (Å²) in [5, 5.41) is 8.68. The van der Waals surface area contributed by atoms with E-state index in [0.717, 1.165) is 11.5 Å². The molecule has 0 aromatic carbocycles. The van der Waals surface area contributed by atoms with Gasteiger partial charge in [0, 0.05) is 23.7 Å². The molecular weight excluding hydrogens is 192 g/mol. The summed E-state index contributed by atoms with van der Waals surface area (Å²) < 4.78 is 0. The Bertz CT molecular complexity index is 350. The first-order valence-corrected chi connectivity index (χ1v) is 5.05. The van der Waals surface area contributed by atoms with E-state index in [-0.39, 0.29) is 18.3 Å². The maximum absolute atomic E-state index is 10.6. The van der Waals surface area contributed by atoms with E-state index in [9.17, 15) is 4.79 Å². The molecule has 0 fully saturated rings. The van der Waals surface area contributed by atoms with Gasteiger partial charge in [-0.15, -0.1) is 0 Å². The fraction of sp³-hybridized carbons (Fsp3) is 0.545. The lowest BCUT2D eigenvalue weighted by Gasteiger charge is -2.10. The van der Waals surface area contributed by atoms with Gasteiger partial charge in [-0.25, -0.2) is 9.97 Å². The number of carbonyl (C=O) groups is 1. The number of carboxylic acid groups (broad SMARTS) is 1. The topological polar surface area (TPSA) is 63.1 Å². The molecule has 0 spiro atoms. The summed E-state index contributed by atoms with van der Waals surface area (Å²) in [5.41, 5.74) is 0.802. The molecule has 0 amide bonds. The van der Waals surface area contributed by atoms with Gasteiger partial charge in [-0.1, -0.05) is 20.8 Å². The molecule has 15 heavy (non-hydrogen) atoms. The summed E-state index contributed by atoms with van der Waals surface area (Å²) >= 11 is 0. The molecule has 1 rings (SSSR count). The van der Waals surface area contributed by atoms with Crippen LogP contribution >= 0.6 is 0 Å². The van der Waals surface area contributed by atoms with Gasteiger partial charge in [-0.2, -0.15) is 0 Å². The molecule has 1 aromatic rings. The molecular formula is C11H16N2O2. The maximum Gasteiger partial charge on any atom is 0.304 e. The van der Waals surface area contributed by atoms with Gasteiger partial charge < -0.3 is 5.11 Å². The first kappa shape index (κ1) is 11.6. The average molecular weight is 208 g/mol. The minimum Gasteiger partial charge on any atom is -0.481 e. The summed E-state index contributed by atoms with van der Waals surface area (Å²) in [5.74, 6) is 0.168. The predicted molar refractivity (Wildman–Crippen MR) is 56.8 cm³/mol. The molecule has 1 atom stereocenters. The molecule has 1 aromatic heterocycles. The van der Waals surface area contributed by atoms with Crippen molar-refractivity contribution in [2.45, 2.75) is 39.0 Å². The fourth-order valence-corrected chi connectivity index (χ4v) is 1.31. The third-order valence-electron chi connectivity index (χ3n) is 2.20. The number of nitrogens with zero attached hydrogens (tertiary/aromatic N) is 2. The SMILES string of the molecule is CC(C)c1nccc(C(C)CC(=O)O)n1. The van der Waals surface area contributed by atoms with Crippen LogP contribution in [0.4, 0.5) is 0 Å². The first-order chi connectivity index (χ1) is 7.00. The molecule has 1 unspecified atom stereocenters. The van der Waals surface area contributed by atoms with Crippen molar-refractivity contribution in [1.29, 1.82) is 0 Å². The van der Waals surface area contributed by atoms with E-state index < -0.39 is 5.97 Å². The highest BCUT2D eigenvalue weighted by Crippen LogP contribution is 2.18. The van der Waals surface area contributed by atoms with Crippen molar-refractivity contribution >= 4 is 5.97 Å². The van der Waals surface area contributed by atoms with Crippen molar-refractivity contribution in [2.75, 3.05) is 0 Å². The molecule has 0 bridgehead atoms. The standard InChI is InChI=1S/C11H16N2O2/c1-7(2)11-12-5-4-9(13-11)8(3)6-10(14)15/h4-5,7-8H,6H2,1-3H3,(H,14,15). The van der Waals surface area contributed by atoms with Crippen LogP contribution < -0.4 is 0 Å². The van der Waals surface area contributed by atoms with Crippen LogP contribution in [0.1, 0.15) is 50.5 Å². The maximum atomic E-state index is 10.6. The number of hydrogen-bond acceptors (Lipinski definition) is 3. The Morgan fingerprint density at radius 2 is 2.13 bits per heavy atom. The molecule has 82 valence electrons. The third-order valence-corrected chi connectivity index (χ3v) is 2.20. The Hall–Kier alpha value is -1.45. The largest absolute Gasteiger partial charge is 0.481 e. The van der Waals surface area contributed by atoms with Crippen molar-refractivity contribution in [3.8, 4) is 0 Å². The minimum absolute atomic E-state index is 0.0667. The molecule has 0 aliphatic carbocycles. The molecule has 0 aliphatic rings. The second-order valence-electron chi connectivity index (χ2n) is 3.99. The Morgan fingerprint density at radius 3 is 2.67 bits per heavy atom. The predicted octanol–water partition coefficient (Wildman–Crippen LogP) is 2.18. The van der Waals surface area contributed by atoms with Gasteiger partial charge >= 0.3 is 5.97 Å². The van der Waals surface area contributed by atoms with Crippen LogP contribution in [0.25, 0.3) is 0 Å². The van der Waals surface area contributed by atoms with Crippen molar-refractivity contribution in [3.05, 3.63) is 23.8 Å². The zero-order chi connectivity index (χ0) is 11.4. The van der Waals surface area contributed by atoms with Crippen LogP contribution in [0.15, 0.2) is 12.3 Å². The monoisotopic (exact) mass is 208 g/mol. The number of aromatic nitrogens is 2. The van der Waals surface area contributed by atoms with Gasteiger partial charge in [0.2, 0.25) is 0 Å². The van der Waals surface area contributed by atoms with Crippen LogP contribution in [0.2, 0.25) is 0 Å². The zero-order valence-electron chi connectivity index (χ0n) is 9.27. The smallest absolute Gasteiger partial charge is 0.304 e. The van der Waals surface area contributed by atoms with Gasteiger partial charge in [0.05, 0.1) is 6.42 Å². The van der Waals surface area contributed by atoms with Crippen molar-refractivity contribution in [1.82, 2.24) is 9.97 Å². The van der Waals surface area contributed by atoms with E-state index in [1.807, 2.05) is 20.8 Å². The summed E-state index contributed by atoms with van der Waals surface area (Å²) in [4.78, 5) is 19.1. The molecule has 4 heteroatoms. The Balaban J connectivity index is 2.85. The van der Waals surface area contributed by atoms with Gasteiger partial charge in [-0.05, 0) is 6.07 Å². The van der Waals surface area contributed by atoms with E-state index in [1.165, 1.54) is 0 Å². The van der Waals surface area contributed by atoms with E-state index in [1.54, 1.807) is 12.3 Å². The second kappa shape index (κ2) is 4.87. The van der Waals surface area contributed by atoms with E-state index in [2.05, 4.69) is 9.97 Å². The van der Waals surface area contributed by atoms with Crippen molar-refractivity contribution in [2.24, 2.45) is 0 Å². The average Bonchev–Trinajstić information content (AvgIpc) is 2.17. The molecule has 4 nitrogen and oxygen atoms in total. The molecule has 0 radical (unpaired) electrons. The fourth-order valence-electron chi connectivity index (χ4n) is 1.31. The normalized spacial score (nSPS) is 12.8. The Kier molecular flexibility index (Phi) is 3.77. The summed E-state index contributed by atoms with van der Waals surface area (Å²) in [7, 11) is 0. The highest BCUT2D eigenvalue weighted by molar-refractivity contribution is 5.67. The zero-order valence-corrected chi connectivity index (χ0v) is 9.27. The minimum atomic E-state index is -0.799. The van der Waals surface area contributed by atoms with E-state index in [0.29, 0.717) is 0 Å².